The highest BCUT2D eigenvalue weighted by Crippen LogP contribution is 2.29. The fourth-order valence-electron chi connectivity index (χ4n) is 3.26. The Balaban J connectivity index is 1.41. The predicted octanol–water partition coefficient (Wildman–Crippen LogP) is 1.45. The first-order valence-electron chi connectivity index (χ1n) is 8.07. The Kier molecular flexibility index (Phi) is 4.90. The van der Waals surface area contributed by atoms with Gasteiger partial charge in [0.2, 0.25) is 0 Å². The van der Waals surface area contributed by atoms with Gasteiger partial charge in [-0.15, -0.1) is 0 Å². The number of aliphatic hydroxyl groups excluding tert-OH is 1. The van der Waals surface area contributed by atoms with Crippen molar-refractivity contribution in [3.63, 3.8) is 0 Å². The zero-order valence-electron chi connectivity index (χ0n) is 13.2. The minimum atomic E-state index is -0.437. The summed E-state index contributed by atoms with van der Waals surface area (Å²) in [6, 6.07) is 0. The van der Waals surface area contributed by atoms with Crippen LogP contribution in [0.5, 0.6) is 0 Å². The van der Waals surface area contributed by atoms with Gasteiger partial charge in [-0.1, -0.05) is 0 Å². The van der Waals surface area contributed by atoms with Crippen LogP contribution in [0, 0.1) is 5.92 Å². The third kappa shape index (κ3) is 3.56. The molecule has 0 radical (unpaired) electrons. The van der Waals surface area contributed by atoms with Crippen molar-refractivity contribution in [1.29, 1.82) is 0 Å². The average Bonchev–Trinajstić information content (AvgIpc) is 3.19. The maximum Gasteiger partial charge on any atom is 0.137 e. The zero-order valence-corrected chi connectivity index (χ0v) is 13.2. The van der Waals surface area contributed by atoms with E-state index in [4.69, 9.17) is 0 Å². The van der Waals surface area contributed by atoms with Crippen molar-refractivity contribution in [2.45, 2.75) is 31.9 Å². The highest BCUT2D eigenvalue weighted by atomic mass is 16.3. The Hall–Kier alpha value is -1.66. The maximum absolute atomic E-state index is 10.5. The van der Waals surface area contributed by atoms with Gasteiger partial charge in [-0.05, 0) is 44.8 Å². The number of hydrogen-bond acceptors (Lipinski definition) is 4. The van der Waals surface area contributed by atoms with Crippen LogP contribution in [0.3, 0.4) is 0 Å². The lowest BCUT2D eigenvalue weighted by molar-refractivity contribution is 0.0506. The van der Waals surface area contributed by atoms with E-state index in [9.17, 15) is 5.11 Å². The molecule has 6 nitrogen and oxygen atoms in total. The van der Waals surface area contributed by atoms with E-state index < -0.39 is 6.10 Å². The molecule has 1 N–H and O–H groups in total. The molecule has 0 aromatic carbocycles. The summed E-state index contributed by atoms with van der Waals surface area (Å²) in [5, 5.41) is 10.5. The molecule has 6 heteroatoms. The molecular weight excluding hydrogens is 278 g/mol. The van der Waals surface area contributed by atoms with Crippen molar-refractivity contribution in [3.8, 4) is 0 Å². The lowest BCUT2D eigenvalue weighted by Gasteiger charge is -2.34. The van der Waals surface area contributed by atoms with Gasteiger partial charge < -0.3 is 19.1 Å². The Morgan fingerprint density at radius 3 is 2.68 bits per heavy atom. The number of rotatable bonds is 6. The van der Waals surface area contributed by atoms with Crippen LogP contribution in [0.15, 0.2) is 31.1 Å². The van der Waals surface area contributed by atoms with Gasteiger partial charge in [0.1, 0.15) is 11.9 Å². The second-order valence-corrected chi connectivity index (χ2v) is 6.17. The molecule has 3 heterocycles. The largest absolute Gasteiger partial charge is 0.385 e. The van der Waals surface area contributed by atoms with Crippen LogP contribution in [0.1, 0.15) is 31.2 Å². The lowest BCUT2D eigenvalue weighted by Crippen LogP contribution is -2.36. The monoisotopic (exact) mass is 303 g/mol. The first-order chi connectivity index (χ1) is 10.7. The van der Waals surface area contributed by atoms with Crippen molar-refractivity contribution < 1.29 is 5.11 Å². The Labute approximate surface area is 131 Å². The van der Waals surface area contributed by atoms with Gasteiger partial charge in [0.05, 0.1) is 6.33 Å². The Bertz CT molecular complexity index is 557. The van der Waals surface area contributed by atoms with Crippen LogP contribution in [-0.4, -0.2) is 48.7 Å². The number of aromatic nitrogens is 4. The highest BCUT2D eigenvalue weighted by molar-refractivity contribution is 4.98. The molecule has 0 spiro atoms. The van der Waals surface area contributed by atoms with Crippen LogP contribution in [0.2, 0.25) is 0 Å². The highest BCUT2D eigenvalue weighted by Gasteiger charge is 2.28. The van der Waals surface area contributed by atoms with E-state index in [1.165, 1.54) is 0 Å². The number of aryl methyl sites for hydroxylation is 2. The molecule has 22 heavy (non-hydrogen) atoms. The van der Waals surface area contributed by atoms with Gasteiger partial charge >= 0.3 is 0 Å². The number of likely N-dealkylation sites (tertiary alicyclic amines) is 1. The number of hydrogen-bond donors (Lipinski definition) is 1. The first-order valence-corrected chi connectivity index (χ1v) is 8.07. The van der Waals surface area contributed by atoms with E-state index in [-0.39, 0.29) is 0 Å². The fraction of sp³-hybridized carbons (Fsp3) is 0.625. The second kappa shape index (κ2) is 7.07. The summed E-state index contributed by atoms with van der Waals surface area (Å²) in [7, 11) is 1.94. The molecule has 1 aliphatic rings. The van der Waals surface area contributed by atoms with Crippen molar-refractivity contribution in [2.24, 2.45) is 13.0 Å². The predicted molar refractivity (Wildman–Crippen MR) is 84.2 cm³/mol. The van der Waals surface area contributed by atoms with E-state index in [2.05, 4.69) is 19.4 Å². The van der Waals surface area contributed by atoms with Crippen molar-refractivity contribution in [2.75, 3.05) is 19.6 Å². The van der Waals surface area contributed by atoms with Crippen LogP contribution in [-0.2, 0) is 13.6 Å². The zero-order chi connectivity index (χ0) is 15.4. The fourth-order valence-corrected chi connectivity index (χ4v) is 3.26. The smallest absolute Gasteiger partial charge is 0.137 e. The summed E-state index contributed by atoms with van der Waals surface area (Å²) in [5.41, 5.74) is 0. The molecule has 0 aliphatic carbocycles. The number of aliphatic hydroxyl groups is 1. The molecule has 0 bridgehead atoms. The Morgan fingerprint density at radius 1 is 1.23 bits per heavy atom. The quantitative estimate of drug-likeness (QED) is 0.877. The molecule has 1 saturated heterocycles. The number of imidazole rings is 2. The van der Waals surface area contributed by atoms with E-state index >= 15 is 0 Å². The third-order valence-corrected chi connectivity index (χ3v) is 4.65. The van der Waals surface area contributed by atoms with Crippen LogP contribution in [0.25, 0.3) is 0 Å². The molecule has 1 unspecified atom stereocenters. The minimum Gasteiger partial charge on any atom is -0.385 e. The summed E-state index contributed by atoms with van der Waals surface area (Å²) in [5.74, 6) is 1.12. The maximum atomic E-state index is 10.5. The average molecular weight is 303 g/mol. The Morgan fingerprint density at radius 2 is 2.05 bits per heavy atom. The molecule has 0 saturated carbocycles. The summed E-state index contributed by atoms with van der Waals surface area (Å²) >= 11 is 0. The van der Waals surface area contributed by atoms with E-state index in [1.54, 1.807) is 6.20 Å². The summed E-state index contributed by atoms with van der Waals surface area (Å²) in [6.45, 7) is 4.27. The molecule has 2 aromatic heterocycles. The molecule has 1 atom stereocenters. The molecule has 1 aliphatic heterocycles. The van der Waals surface area contributed by atoms with Crippen LogP contribution in [0.4, 0.5) is 0 Å². The van der Waals surface area contributed by atoms with Gasteiger partial charge in [0, 0.05) is 38.4 Å². The number of piperidine rings is 1. The van der Waals surface area contributed by atoms with E-state index in [0.29, 0.717) is 5.92 Å². The first kappa shape index (κ1) is 15.2. The van der Waals surface area contributed by atoms with Gasteiger partial charge in [-0.25, -0.2) is 9.97 Å². The third-order valence-electron chi connectivity index (χ3n) is 4.65. The summed E-state index contributed by atoms with van der Waals surface area (Å²) in [6.07, 6.45) is 12.1. The SMILES string of the molecule is Cn1ccnc1C(O)C1CCN(CCCn2ccnc2)CC1. The molecule has 0 amide bonds. The second-order valence-electron chi connectivity index (χ2n) is 6.17. The van der Waals surface area contributed by atoms with Crippen molar-refractivity contribution in [3.05, 3.63) is 36.9 Å². The standard InChI is InChI=1S/C16H25N5O/c1-19-11-6-18-16(19)15(22)14-3-9-20(10-4-14)7-2-8-21-12-5-17-13-21/h5-6,11-15,22H,2-4,7-10H2,1H3. The van der Waals surface area contributed by atoms with Crippen molar-refractivity contribution >= 4 is 0 Å². The normalized spacial score (nSPS) is 18.6. The minimum absolute atomic E-state index is 0.325. The lowest BCUT2D eigenvalue weighted by atomic mass is 9.90. The molecule has 120 valence electrons. The summed E-state index contributed by atoms with van der Waals surface area (Å²) in [4.78, 5) is 10.8. The van der Waals surface area contributed by atoms with E-state index in [1.807, 2.05) is 36.5 Å². The molecule has 3 rings (SSSR count). The van der Waals surface area contributed by atoms with Gasteiger partial charge in [-0.2, -0.15) is 0 Å². The molecular formula is C16H25N5O. The van der Waals surface area contributed by atoms with E-state index in [0.717, 1.165) is 51.3 Å². The van der Waals surface area contributed by atoms with Crippen LogP contribution < -0.4 is 0 Å². The van der Waals surface area contributed by atoms with Gasteiger partial charge in [-0.3, -0.25) is 0 Å². The number of nitrogens with zero attached hydrogens (tertiary/aromatic N) is 5. The van der Waals surface area contributed by atoms with Crippen molar-refractivity contribution in [1.82, 2.24) is 24.0 Å². The van der Waals surface area contributed by atoms with Crippen LogP contribution >= 0.6 is 0 Å². The summed E-state index contributed by atoms with van der Waals surface area (Å²) < 4.78 is 4.04. The molecule has 1 fully saturated rings. The topological polar surface area (TPSA) is 59.1 Å². The molecule has 2 aromatic rings. The van der Waals surface area contributed by atoms with Gasteiger partial charge in [0.25, 0.3) is 0 Å². The van der Waals surface area contributed by atoms with Gasteiger partial charge in [0.15, 0.2) is 0 Å².